The van der Waals surface area contributed by atoms with Gasteiger partial charge in [-0.2, -0.15) is 0 Å². The van der Waals surface area contributed by atoms with E-state index in [1.165, 1.54) is 24.6 Å². The van der Waals surface area contributed by atoms with Gasteiger partial charge in [0, 0.05) is 6.21 Å². The van der Waals surface area contributed by atoms with Crippen LogP contribution in [0.15, 0.2) is 23.4 Å². The van der Waals surface area contributed by atoms with Gasteiger partial charge >= 0.3 is 5.97 Å². The Bertz CT molecular complexity index is 523. The molecule has 0 radical (unpaired) electrons. The van der Waals surface area contributed by atoms with Crippen molar-refractivity contribution in [3.05, 3.63) is 29.0 Å². The highest BCUT2D eigenvalue weighted by Gasteiger charge is 2.21. The number of ether oxygens (including phenoxy) is 1. The molecule has 0 unspecified atom stereocenters. The number of nitrogens with two attached hydrogens (primary N) is 1. The van der Waals surface area contributed by atoms with Crippen molar-refractivity contribution in [2.24, 2.45) is 4.99 Å². The molecule has 0 atom stereocenters. The van der Waals surface area contributed by atoms with E-state index in [9.17, 15) is 4.79 Å². The summed E-state index contributed by atoms with van der Waals surface area (Å²) in [6, 6.07) is 1.24. The zero-order chi connectivity index (χ0) is 11.7. The van der Waals surface area contributed by atoms with Crippen LogP contribution >= 0.6 is 11.6 Å². The summed E-state index contributed by atoms with van der Waals surface area (Å²) in [7, 11) is 0. The maximum absolute atomic E-state index is 11.0. The first-order valence-electron chi connectivity index (χ1n) is 4.32. The van der Waals surface area contributed by atoms with Gasteiger partial charge in [0.1, 0.15) is 11.3 Å². The summed E-state index contributed by atoms with van der Waals surface area (Å²) in [6.07, 6.45) is 4.30. The molecule has 1 aliphatic heterocycles. The number of allylic oxidation sites excluding steroid dienone is 1. The van der Waals surface area contributed by atoms with Crippen LogP contribution in [0, 0.1) is 0 Å². The number of carbonyl (C=O) groups is 1. The van der Waals surface area contributed by atoms with Gasteiger partial charge in [-0.15, -0.1) is 0 Å². The predicted octanol–water partition coefficient (Wildman–Crippen LogP) is 2.23. The fraction of sp³-hybridized carbons (Fsp3) is 0. The number of aliphatic imine (C=N–C) groups is 1. The van der Waals surface area contributed by atoms with Crippen LogP contribution in [-0.4, -0.2) is 17.3 Å². The zero-order valence-corrected chi connectivity index (χ0v) is 8.73. The number of aromatic carboxylic acids is 1. The largest absolute Gasteiger partial charge is 0.478 e. The third kappa shape index (κ3) is 1.61. The van der Waals surface area contributed by atoms with Crippen LogP contribution in [0.4, 0.5) is 11.4 Å². The average Bonchev–Trinajstić information content (AvgIpc) is 2.48. The van der Waals surface area contributed by atoms with Gasteiger partial charge in [-0.1, -0.05) is 11.6 Å². The number of carboxylic acid groups (broad SMARTS) is 1. The molecule has 6 heteroatoms. The van der Waals surface area contributed by atoms with Crippen molar-refractivity contribution < 1.29 is 14.6 Å². The second-order valence-electron chi connectivity index (χ2n) is 3.03. The summed E-state index contributed by atoms with van der Waals surface area (Å²) < 4.78 is 5.15. The fourth-order valence-corrected chi connectivity index (χ4v) is 1.50. The van der Waals surface area contributed by atoms with E-state index in [1.54, 1.807) is 0 Å². The van der Waals surface area contributed by atoms with Crippen molar-refractivity contribution in [2.45, 2.75) is 0 Å². The number of anilines is 1. The molecule has 0 aliphatic carbocycles. The number of carboxylic acids is 1. The summed E-state index contributed by atoms with van der Waals surface area (Å²) in [6.45, 7) is 0. The van der Waals surface area contributed by atoms with Crippen molar-refractivity contribution in [2.75, 3.05) is 5.73 Å². The third-order valence-corrected chi connectivity index (χ3v) is 2.34. The highest BCUT2D eigenvalue weighted by molar-refractivity contribution is 6.34. The SMILES string of the molecule is Nc1c(Cl)cc(C(=O)O)c2c1N=CC=CO2. The topological polar surface area (TPSA) is 84.9 Å². The van der Waals surface area contributed by atoms with Gasteiger partial charge in [0.05, 0.1) is 17.0 Å². The van der Waals surface area contributed by atoms with Gasteiger partial charge in [-0.25, -0.2) is 4.79 Å². The standard InChI is InChI=1S/C10H7ClN2O3/c11-6-4-5(10(14)15)9-8(7(6)12)13-2-1-3-16-9/h1-4H,12H2,(H,14,15). The Balaban J connectivity index is 2.76. The Morgan fingerprint density at radius 3 is 3.00 bits per heavy atom. The van der Waals surface area contributed by atoms with Crippen LogP contribution in [0.25, 0.3) is 0 Å². The van der Waals surface area contributed by atoms with E-state index >= 15 is 0 Å². The lowest BCUT2D eigenvalue weighted by Crippen LogP contribution is -2.02. The molecule has 3 N–H and O–H groups in total. The first-order valence-corrected chi connectivity index (χ1v) is 4.70. The van der Waals surface area contributed by atoms with E-state index in [0.29, 0.717) is 0 Å². The van der Waals surface area contributed by atoms with Gasteiger partial charge in [0.25, 0.3) is 0 Å². The Morgan fingerprint density at radius 1 is 1.56 bits per heavy atom. The Hall–Kier alpha value is -2.01. The van der Waals surface area contributed by atoms with Crippen molar-refractivity contribution in [1.82, 2.24) is 0 Å². The molecule has 1 aromatic carbocycles. The van der Waals surface area contributed by atoms with Crippen LogP contribution in [0.1, 0.15) is 10.4 Å². The summed E-state index contributed by atoms with van der Waals surface area (Å²) in [4.78, 5) is 15.0. The molecule has 0 amide bonds. The van der Waals surface area contributed by atoms with E-state index in [0.717, 1.165) is 0 Å². The minimum atomic E-state index is -1.15. The van der Waals surface area contributed by atoms with Crippen molar-refractivity contribution >= 4 is 35.2 Å². The number of halogens is 1. The number of nitrogens with zero attached hydrogens (tertiary/aromatic N) is 1. The molecule has 16 heavy (non-hydrogen) atoms. The van der Waals surface area contributed by atoms with E-state index in [1.807, 2.05) is 0 Å². The molecule has 0 saturated heterocycles. The lowest BCUT2D eigenvalue weighted by atomic mass is 10.1. The monoisotopic (exact) mass is 238 g/mol. The summed E-state index contributed by atoms with van der Waals surface area (Å²) in [5.41, 5.74) is 6.05. The third-order valence-electron chi connectivity index (χ3n) is 2.03. The quantitative estimate of drug-likeness (QED) is 0.735. The molecule has 0 fully saturated rings. The smallest absolute Gasteiger partial charge is 0.339 e. The summed E-state index contributed by atoms with van der Waals surface area (Å²) in [5, 5.41) is 9.13. The Kier molecular flexibility index (Phi) is 2.54. The molecule has 2 rings (SSSR count). The van der Waals surface area contributed by atoms with E-state index in [4.69, 9.17) is 27.2 Å². The van der Waals surface area contributed by atoms with Gasteiger partial charge in [0.2, 0.25) is 0 Å². The molecule has 1 aliphatic rings. The van der Waals surface area contributed by atoms with E-state index < -0.39 is 5.97 Å². The number of nitrogen functional groups attached to an aromatic ring is 1. The Labute approximate surface area is 95.8 Å². The molecule has 0 aromatic heterocycles. The van der Waals surface area contributed by atoms with Gasteiger partial charge in [-0.3, -0.25) is 4.99 Å². The van der Waals surface area contributed by atoms with Gasteiger partial charge in [0.15, 0.2) is 5.75 Å². The summed E-state index contributed by atoms with van der Waals surface area (Å²) in [5.74, 6) is -1.05. The molecule has 1 aromatic rings. The zero-order valence-electron chi connectivity index (χ0n) is 7.98. The molecule has 1 heterocycles. The second kappa shape index (κ2) is 3.86. The normalized spacial score (nSPS) is 12.8. The molecule has 0 bridgehead atoms. The number of hydrogen-bond acceptors (Lipinski definition) is 4. The van der Waals surface area contributed by atoms with E-state index in [2.05, 4.69) is 4.99 Å². The maximum atomic E-state index is 11.0. The minimum Gasteiger partial charge on any atom is -0.478 e. The maximum Gasteiger partial charge on any atom is 0.339 e. The summed E-state index contributed by atoms with van der Waals surface area (Å²) >= 11 is 5.81. The first kappa shape index (κ1) is 10.5. The van der Waals surface area contributed by atoms with E-state index in [-0.39, 0.29) is 27.7 Å². The number of benzene rings is 1. The molecule has 0 spiro atoms. The van der Waals surface area contributed by atoms with Crippen molar-refractivity contribution in [3.63, 3.8) is 0 Å². The van der Waals surface area contributed by atoms with Crippen molar-refractivity contribution in [3.8, 4) is 5.75 Å². The Morgan fingerprint density at radius 2 is 2.31 bits per heavy atom. The average molecular weight is 239 g/mol. The number of rotatable bonds is 1. The lowest BCUT2D eigenvalue weighted by Gasteiger charge is -2.10. The molecule has 0 saturated carbocycles. The van der Waals surface area contributed by atoms with Crippen LogP contribution in [0.2, 0.25) is 5.02 Å². The van der Waals surface area contributed by atoms with Gasteiger partial charge in [-0.05, 0) is 12.1 Å². The van der Waals surface area contributed by atoms with Crippen LogP contribution in [0.5, 0.6) is 5.75 Å². The molecular weight excluding hydrogens is 232 g/mol. The van der Waals surface area contributed by atoms with Crippen molar-refractivity contribution in [1.29, 1.82) is 0 Å². The predicted molar refractivity (Wildman–Crippen MR) is 60.7 cm³/mol. The molecular formula is C10H7ClN2O3. The fourth-order valence-electron chi connectivity index (χ4n) is 1.30. The number of hydrogen-bond donors (Lipinski definition) is 2. The van der Waals surface area contributed by atoms with Crippen LogP contribution in [-0.2, 0) is 0 Å². The minimum absolute atomic E-state index is 0.0714. The van der Waals surface area contributed by atoms with Crippen LogP contribution < -0.4 is 10.5 Å². The molecule has 5 nitrogen and oxygen atoms in total. The first-order chi connectivity index (χ1) is 7.61. The number of fused-ring (bicyclic) bond motifs is 1. The lowest BCUT2D eigenvalue weighted by molar-refractivity contribution is 0.0694. The second-order valence-corrected chi connectivity index (χ2v) is 3.43. The molecule has 82 valence electrons. The highest BCUT2D eigenvalue weighted by atomic mass is 35.5. The van der Waals surface area contributed by atoms with Gasteiger partial charge < -0.3 is 15.6 Å². The highest BCUT2D eigenvalue weighted by Crippen LogP contribution is 2.42. The van der Waals surface area contributed by atoms with Crippen LogP contribution in [0.3, 0.4) is 0 Å².